The van der Waals surface area contributed by atoms with E-state index < -0.39 is 0 Å². The summed E-state index contributed by atoms with van der Waals surface area (Å²) in [6.07, 6.45) is 0.423. The Morgan fingerprint density at radius 2 is 1.50 bits per heavy atom. The van der Waals surface area contributed by atoms with Gasteiger partial charge in [0.25, 0.3) is 0 Å². The van der Waals surface area contributed by atoms with Crippen molar-refractivity contribution < 1.29 is 4.79 Å². The minimum absolute atomic E-state index is 0.116. The van der Waals surface area contributed by atoms with Crippen LogP contribution < -0.4 is 0 Å². The number of hydrogen-bond acceptors (Lipinski definition) is 1. The number of carbonyl (C=O) groups is 1. The predicted octanol–water partition coefficient (Wildman–Crippen LogP) is 5.06. The van der Waals surface area contributed by atoms with Gasteiger partial charge in [-0.1, -0.05) is 56.6 Å². The van der Waals surface area contributed by atoms with Crippen molar-refractivity contribution in [2.24, 2.45) is 0 Å². The van der Waals surface area contributed by atoms with E-state index in [2.05, 4.69) is 32.9 Å². The first-order valence-electron chi connectivity index (χ1n) is 6.74. The molecule has 0 aliphatic rings. The number of Topliss-reactive ketones (excluding diaryl/α,β-unsaturated/α-hetero) is 1. The molecule has 0 atom stereocenters. The van der Waals surface area contributed by atoms with E-state index in [0.717, 1.165) is 5.56 Å². The Bertz CT molecular complexity index is 589. The van der Waals surface area contributed by atoms with Gasteiger partial charge < -0.3 is 0 Å². The zero-order valence-corrected chi connectivity index (χ0v) is 12.9. The maximum absolute atomic E-state index is 12.2. The summed E-state index contributed by atoms with van der Waals surface area (Å²) in [4.78, 5) is 12.2. The maximum atomic E-state index is 12.2. The lowest BCUT2D eigenvalue weighted by Gasteiger charge is -2.19. The van der Waals surface area contributed by atoms with Crippen LogP contribution in [-0.4, -0.2) is 5.78 Å². The summed E-state index contributed by atoms with van der Waals surface area (Å²) in [5, 5.41) is 0.649. The highest BCUT2D eigenvalue weighted by molar-refractivity contribution is 6.30. The summed E-state index contributed by atoms with van der Waals surface area (Å²) in [7, 11) is 0. The average molecular weight is 287 g/mol. The molecule has 2 rings (SSSR count). The van der Waals surface area contributed by atoms with Gasteiger partial charge in [0.2, 0.25) is 0 Å². The van der Waals surface area contributed by atoms with Gasteiger partial charge in [0.05, 0.1) is 0 Å². The van der Waals surface area contributed by atoms with E-state index in [9.17, 15) is 4.79 Å². The number of rotatable bonds is 3. The molecule has 2 heteroatoms. The van der Waals surface area contributed by atoms with Crippen molar-refractivity contribution in [1.82, 2.24) is 0 Å². The quantitative estimate of drug-likeness (QED) is 0.721. The molecule has 0 aliphatic carbocycles. The molecule has 2 aromatic rings. The van der Waals surface area contributed by atoms with Crippen LogP contribution in [0.15, 0.2) is 48.5 Å². The van der Waals surface area contributed by atoms with Crippen LogP contribution in [-0.2, 0) is 11.8 Å². The first kappa shape index (κ1) is 14.8. The van der Waals surface area contributed by atoms with E-state index in [1.807, 2.05) is 12.1 Å². The molecule has 104 valence electrons. The molecule has 0 saturated carbocycles. The Kier molecular flexibility index (Phi) is 4.29. The summed E-state index contributed by atoms with van der Waals surface area (Å²) < 4.78 is 0. The Morgan fingerprint density at radius 1 is 0.950 bits per heavy atom. The molecule has 0 radical (unpaired) electrons. The summed E-state index contributed by atoms with van der Waals surface area (Å²) in [6, 6.07) is 15.3. The molecule has 0 aromatic heterocycles. The molecule has 0 spiro atoms. The van der Waals surface area contributed by atoms with Crippen LogP contribution in [0, 0.1) is 0 Å². The summed E-state index contributed by atoms with van der Waals surface area (Å²) >= 11 is 5.83. The maximum Gasteiger partial charge on any atom is 0.167 e. The monoisotopic (exact) mass is 286 g/mol. The van der Waals surface area contributed by atoms with Gasteiger partial charge in [-0.15, -0.1) is 0 Å². The second kappa shape index (κ2) is 5.80. The van der Waals surface area contributed by atoms with Crippen molar-refractivity contribution in [2.75, 3.05) is 0 Å². The molecule has 2 aromatic carbocycles. The zero-order chi connectivity index (χ0) is 14.8. The van der Waals surface area contributed by atoms with Gasteiger partial charge in [-0.05, 0) is 40.8 Å². The highest BCUT2D eigenvalue weighted by atomic mass is 35.5. The lowest BCUT2D eigenvalue weighted by molar-refractivity contribution is 0.0993. The number of carbonyl (C=O) groups excluding carboxylic acids is 1. The van der Waals surface area contributed by atoms with Gasteiger partial charge in [-0.25, -0.2) is 0 Å². The Morgan fingerprint density at radius 3 is 2.00 bits per heavy atom. The van der Waals surface area contributed by atoms with Crippen molar-refractivity contribution in [3.63, 3.8) is 0 Å². The van der Waals surface area contributed by atoms with Crippen molar-refractivity contribution in [1.29, 1.82) is 0 Å². The van der Waals surface area contributed by atoms with E-state index in [1.54, 1.807) is 24.3 Å². The van der Waals surface area contributed by atoms with Gasteiger partial charge in [0.15, 0.2) is 5.78 Å². The lowest BCUT2D eigenvalue weighted by atomic mass is 9.86. The highest BCUT2D eigenvalue weighted by Crippen LogP contribution is 2.22. The molecule has 0 N–H and O–H groups in total. The third-order valence-corrected chi connectivity index (χ3v) is 3.60. The molecule has 0 saturated heterocycles. The van der Waals surface area contributed by atoms with E-state index >= 15 is 0 Å². The Labute approximate surface area is 125 Å². The van der Waals surface area contributed by atoms with Gasteiger partial charge in [-0.3, -0.25) is 4.79 Å². The third kappa shape index (κ3) is 3.71. The van der Waals surface area contributed by atoms with Crippen molar-refractivity contribution in [3.8, 4) is 0 Å². The van der Waals surface area contributed by atoms with Crippen LogP contribution in [0.5, 0.6) is 0 Å². The van der Waals surface area contributed by atoms with Crippen LogP contribution in [0.3, 0.4) is 0 Å². The summed E-state index contributed by atoms with van der Waals surface area (Å²) in [6.45, 7) is 6.54. The van der Waals surface area contributed by atoms with Gasteiger partial charge in [0, 0.05) is 17.0 Å². The fourth-order valence-electron chi connectivity index (χ4n) is 2.05. The van der Waals surface area contributed by atoms with E-state index in [1.165, 1.54) is 5.56 Å². The fraction of sp³-hybridized carbons (Fsp3) is 0.278. The SMILES string of the molecule is CC(C)(C)c1ccc(CC(=O)c2ccc(Cl)cc2)cc1. The summed E-state index contributed by atoms with van der Waals surface area (Å²) in [5.74, 6) is 0.116. The number of benzene rings is 2. The molecule has 0 fully saturated rings. The zero-order valence-electron chi connectivity index (χ0n) is 12.1. The minimum atomic E-state index is 0.116. The molecular formula is C18H19ClO. The molecule has 0 bridgehead atoms. The normalized spacial score (nSPS) is 11.4. The second-order valence-corrected chi connectivity index (χ2v) is 6.49. The van der Waals surface area contributed by atoms with E-state index in [0.29, 0.717) is 17.0 Å². The summed E-state index contributed by atoms with van der Waals surface area (Å²) in [5.41, 5.74) is 3.16. The van der Waals surface area contributed by atoms with Crippen LogP contribution in [0.1, 0.15) is 42.3 Å². The fourth-order valence-corrected chi connectivity index (χ4v) is 2.17. The van der Waals surface area contributed by atoms with E-state index in [-0.39, 0.29) is 11.2 Å². The standard InChI is InChI=1S/C18H19ClO/c1-18(2,3)15-8-4-13(5-9-15)12-17(20)14-6-10-16(19)11-7-14/h4-11H,12H2,1-3H3. The smallest absolute Gasteiger partial charge is 0.167 e. The van der Waals surface area contributed by atoms with Gasteiger partial charge >= 0.3 is 0 Å². The topological polar surface area (TPSA) is 17.1 Å². The molecule has 0 unspecified atom stereocenters. The molecule has 20 heavy (non-hydrogen) atoms. The Hall–Kier alpha value is -1.60. The number of hydrogen-bond donors (Lipinski definition) is 0. The van der Waals surface area contributed by atoms with Crippen LogP contribution >= 0.6 is 11.6 Å². The third-order valence-electron chi connectivity index (χ3n) is 3.35. The largest absolute Gasteiger partial charge is 0.294 e. The highest BCUT2D eigenvalue weighted by Gasteiger charge is 2.13. The van der Waals surface area contributed by atoms with Crippen molar-refractivity contribution in [2.45, 2.75) is 32.6 Å². The lowest BCUT2D eigenvalue weighted by Crippen LogP contribution is -2.11. The molecule has 0 aliphatic heterocycles. The van der Waals surface area contributed by atoms with Crippen molar-refractivity contribution in [3.05, 3.63) is 70.2 Å². The first-order valence-corrected chi connectivity index (χ1v) is 7.12. The average Bonchev–Trinajstić information content (AvgIpc) is 2.39. The number of halogens is 1. The van der Waals surface area contributed by atoms with Crippen LogP contribution in [0.4, 0.5) is 0 Å². The minimum Gasteiger partial charge on any atom is -0.294 e. The number of ketones is 1. The van der Waals surface area contributed by atoms with Crippen molar-refractivity contribution >= 4 is 17.4 Å². The predicted molar refractivity (Wildman–Crippen MR) is 84.6 cm³/mol. The first-order chi connectivity index (χ1) is 9.36. The van der Waals surface area contributed by atoms with Gasteiger partial charge in [-0.2, -0.15) is 0 Å². The Balaban J connectivity index is 2.10. The molecule has 0 heterocycles. The van der Waals surface area contributed by atoms with Crippen LogP contribution in [0.25, 0.3) is 0 Å². The second-order valence-electron chi connectivity index (χ2n) is 6.05. The van der Waals surface area contributed by atoms with E-state index in [4.69, 9.17) is 11.6 Å². The van der Waals surface area contributed by atoms with Crippen LogP contribution in [0.2, 0.25) is 5.02 Å². The molecule has 1 nitrogen and oxygen atoms in total. The molecule has 0 amide bonds. The molecular weight excluding hydrogens is 268 g/mol. The van der Waals surface area contributed by atoms with Gasteiger partial charge in [0.1, 0.15) is 0 Å².